The van der Waals surface area contributed by atoms with Crippen LogP contribution in [0.15, 0.2) is 47.8 Å². The van der Waals surface area contributed by atoms with Gasteiger partial charge in [-0.05, 0) is 37.9 Å². The molecule has 2 rings (SSSR count). The van der Waals surface area contributed by atoms with E-state index in [0.29, 0.717) is 12.6 Å². The van der Waals surface area contributed by atoms with Crippen LogP contribution in [0.5, 0.6) is 0 Å². The molecule has 2 atom stereocenters. The first-order chi connectivity index (χ1) is 9.00. The van der Waals surface area contributed by atoms with Gasteiger partial charge in [0.05, 0.1) is 5.60 Å². The molecule has 0 fully saturated rings. The molecule has 0 bridgehead atoms. The Hall–Kier alpha value is -1.16. The maximum Gasteiger partial charge on any atom is 0.0994 e. The highest BCUT2D eigenvalue weighted by atomic mass is 32.1. The van der Waals surface area contributed by atoms with Crippen molar-refractivity contribution in [3.8, 4) is 0 Å². The van der Waals surface area contributed by atoms with E-state index in [4.69, 9.17) is 0 Å². The molecule has 1 heterocycles. The van der Waals surface area contributed by atoms with Crippen molar-refractivity contribution in [2.24, 2.45) is 0 Å². The number of likely N-dealkylation sites (N-methyl/N-ethyl adjacent to an activating group) is 1. The van der Waals surface area contributed by atoms with Gasteiger partial charge in [-0.1, -0.05) is 36.4 Å². The fourth-order valence-electron chi connectivity index (χ4n) is 2.26. The molecule has 3 heteroatoms. The third-order valence-electron chi connectivity index (χ3n) is 3.57. The molecule has 0 radical (unpaired) electrons. The van der Waals surface area contributed by atoms with Crippen molar-refractivity contribution in [2.45, 2.75) is 25.5 Å². The van der Waals surface area contributed by atoms with Gasteiger partial charge in [0.2, 0.25) is 0 Å². The molecule has 2 nitrogen and oxygen atoms in total. The number of benzene rings is 1. The fraction of sp³-hybridized carbons (Fsp3) is 0.375. The van der Waals surface area contributed by atoms with Gasteiger partial charge in [0.15, 0.2) is 0 Å². The molecule has 0 amide bonds. The SMILES string of the molecule is CC(c1cccs1)N(C)CC(C)(O)c1ccccc1. The first-order valence-electron chi connectivity index (χ1n) is 6.52. The predicted molar refractivity (Wildman–Crippen MR) is 81.4 cm³/mol. The van der Waals surface area contributed by atoms with E-state index in [1.165, 1.54) is 4.88 Å². The molecule has 0 aliphatic heterocycles. The number of hydrogen-bond donors (Lipinski definition) is 1. The molecular formula is C16H21NOS. The predicted octanol–water partition coefficient (Wildman–Crippen LogP) is 3.65. The van der Waals surface area contributed by atoms with Crippen molar-refractivity contribution in [2.75, 3.05) is 13.6 Å². The average Bonchev–Trinajstić information content (AvgIpc) is 2.92. The molecule has 0 saturated heterocycles. The van der Waals surface area contributed by atoms with Crippen molar-refractivity contribution < 1.29 is 5.11 Å². The lowest BCUT2D eigenvalue weighted by atomic mass is 9.95. The van der Waals surface area contributed by atoms with Crippen molar-refractivity contribution in [3.05, 3.63) is 58.3 Å². The summed E-state index contributed by atoms with van der Waals surface area (Å²) in [7, 11) is 2.06. The molecular weight excluding hydrogens is 254 g/mol. The Bertz CT molecular complexity index is 493. The molecule has 102 valence electrons. The van der Waals surface area contributed by atoms with E-state index < -0.39 is 5.60 Å². The van der Waals surface area contributed by atoms with Crippen LogP contribution in [0.2, 0.25) is 0 Å². The number of thiophene rings is 1. The lowest BCUT2D eigenvalue weighted by molar-refractivity contribution is 0.0136. The van der Waals surface area contributed by atoms with E-state index in [9.17, 15) is 5.11 Å². The monoisotopic (exact) mass is 275 g/mol. The summed E-state index contributed by atoms with van der Waals surface area (Å²) in [5.41, 5.74) is 0.127. The first-order valence-corrected chi connectivity index (χ1v) is 7.40. The summed E-state index contributed by atoms with van der Waals surface area (Å²) in [6.07, 6.45) is 0. The summed E-state index contributed by atoms with van der Waals surface area (Å²) in [5, 5.41) is 12.8. The Kier molecular flexibility index (Phi) is 4.40. The topological polar surface area (TPSA) is 23.5 Å². The van der Waals surface area contributed by atoms with Gasteiger partial charge in [-0.3, -0.25) is 4.90 Å². The van der Waals surface area contributed by atoms with Crippen molar-refractivity contribution in [1.82, 2.24) is 4.90 Å². The zero-order chi connectivity index (χ0) is 13.9. The minimum Gasteiger partial charge on any atom is -0.384 e. The molecule has 0 aliphatic carbocycles. The van der Waals surface area contributed by atoms with Crippen LogP contribution in [0.1, 0.15) is 30.3 Å². The summed E-state index contributed by atoms with van der Waals surface area (Å²) in [6, 6.07) is 14.4. The highest BCUT2D eigenvalue weighted by Gasteiger charge is 2.27. The Morgan fingerprint density at radius 3 is 2.47 bits per heavy atom. The second-order valence-corrected chi connectivity index (χ2v) is 6.23. The van der Waals surface area contributed by atoms with Gasteiger partial charge >= 0.3 is 0 Å². The molecule has 0 saturated carbocycles. The molecule has 0 aliphatic rings. The van der Waals surface area contributed by atoms with E-state index in [1.54, 1.807) is 11.3 Å². The Morgan fingerprint density at radius 1 is 1.21 bits per heavy atom. The third kappa shape index (κ3) is 3.44. The minimum atomic E-state index is -0.832. The van der Waals surface area contributed by atoms with Crippen LogP contribution < -0.4 is 0 Å². The maximum absolute atomic E-state index is 10.7. The quantitative estimate of drug-likeness (QED) is 0.900. The zero-order valence-electron chi connectivity index (χ0n) is 11.7. The second-order valence-electron chi connectivity index (χ2n) is 5.25. The molecule has 1 aromatic carbocycles. The van der Waals surface area contributed by atoms with Gasteiger partial charge in [0.1, 0.15) is 0 Å². The Balaban J connectivity index is 2.08. The summed E-state index contributed by atoms with van der Waals surface area (Å²) in [5.74, 6) is 0. The number of nitrogens with zero attached hydrogens (tertiary/aromatic N) is 1. The molecule has 19 heavy (non-hydrogen) atoms. The van der Waals surface area contributed by atoms with Gasteiger partial charge in [-0.25, -0.2) is 0 Å². The van der Waals surface area contributed by atoms with E-state index >= 15 is 0 Å². The van der Waals surface area contributed by atoms with E-state index in [-0.39, 0.29) is 0 Å². The largest absolute Gasteiger partial charge is 0.384 e. The average molecular weight is 275 g/mol. The van der Waals surface area contributed by atoms with Gasteiger partial charge in [0.25, 0.3) is 0 Å². The molecule has 2 aromatic rings. The van der Waals surface area contributed by atoms with Crippen LogP contribution in [0.25, 0.3) is 0 Å². The van der Waals surface area contributed by atoms with Crippen LogP contribution in [0.3, 0.4) is 0 Å². The summed E-state index contributed by atoms with van der Waals surface area (Å²) in [4.78, 5) is 3.52. The molecule has 0 spiro atoms. The number of hydrogen-bond acceptors (Lipinski definition) is 3. The number of aliphatic hydroxyl groups is 1. The fourth-order valence-corrected chi connectivity index (χ4v) is 3.11. The van der Waals surface area contributed by atoms with Crippen LogP contribution >= 0.6 is 11.3 Å². The molecule has 2 unspecified atom stereocenters. The number of rotatable bonds is 5. The molecule has 1 aromatic heterocycles. The van der Waals surface area contributed by atoms with Crippen molar-refractivity contribution in [1.29, 1.82) is 0 Å². The lowest BCUT2D eigenvalue weighted by Gasteiger charge is -2.32. The summed E-state index contributed by atoms with van der Waals surface area (Å²) >= 11 is 1.76. The lowest BCUT2D eigenvalue weighted by Crippen LogP contribution is -2.37. The molecule has 1 N–H and O–H groups in total. The van der Waals surface area contributed by atoms with Crippen LogP contribution in [-0.4, -0.2) is 23.6 Å². The summed E-state index contributed by atoms with van der Waals surface area (Å²) < 4.78 is 0. The highest BCUT2D eigenvalue weighted by molar-refractivity contribution is 7.10. The maximum atomic E-state index is 10.7. The van der Waals surface area contributed by atoms with E-state index in [2.05, 4.69) is 36.4 Å². The van der Waals surface area contributed by atoms with Crippen molar-refractivity contribution >= 4 is 11.3 Å². The van der Waals surface area contributed by atoms with Gasteiger partial charge in [0, 0.05) is 17.5 Å². The van der Waals surface area contributed by atoms with E-state index in [0.717, 1.165) is 5.56 Å². The van der Waals surface area contributed by atoms with Gasteiger partial charge in [-0.15, -0.1) is 11.3 Å². The van der Waals surface area contributed by atoms with Gasteiger partial charge < -0.3 is 5.11 Å². The van der Waals surface area contributed by atoms with Crippen LogP contribution in [-0.2, 0) is 5.60 Å². The third-order valence-corrected chi connectivity index (χ3v) is 4.61. The summed E-state index contributed by atoms with van der Waals surface area (Å²) in [6.45, 7) is 4.66. The Labute approximate surface area is 119 Å². The van der Waals surface area contributed by atoms with E-state index in [1.807, 2.05) is 37.3 Å². The first kappa shape index (κ1) is 14.3. The second kappa shape index (κ2) is 5.87. The zero-order valence-corrected chi connectivity index (χ0v) is 12.5. The van der Waals surface area contributed by atoms with Gasteiger partial charge in [-0.2, -0.15) is 0 Å². The minimum absolute atomic E-state index is 0.315. The normalized spacial score (nSPS) is 16.3. The van der Waals surface area contributed by atoms with Crippen LogP contribution in [0.4, 0.5) is 0 Å². The van der Waals surface area contributed by atoms with Crippen LogP contribution in [0, 0.1) is 0 Å². The van der Waals surface area contributed by atoms with Crippen molar-refractivity contribution in [3.63, 3.8) is 0 Å². The highest BCUT2D eigenvalue weighted by Crippen LogP contribution is 2.28. The smallest absolute Gasteiger partial charge is 0.0994 e. The Morgan fingerprint density at radius 2 is 1.89 bits per heavy atom. The standard InChI is InChI=1S/C16H21NOS/c1-13(15-10-7-11-19-15)17(3)12-16(2,18)14-8-5-4-6-9-14/h4-11,13,18H,12H2,1-3H3.